The first-order chi connectivity index (χ1) is 13.7. The number of aromatic hydroxyl groups is 1. The Bertz CT molecular complexity index is 1090. The number of aliphatic hydroxyl groups is 1. The normalized spacial score (nSPS) is 13.6. The van der Waals surface area contributed by atoms with Crippen LogP contribution in [0.2, 0.25) is 0 Å². The number of hydrogen-bond acceptors (Lipinski definition) is 3. The number of rotatable bonds is 5. The average molecular weight is 367 g/mol. The number of hydrogen-bond donors (Lipinski definition) is 2. The SMILES string of the molecule is Oc1ccc2ccccc2c1C=N[C@H](c1ccccc1)[C@@H](O)c1ccccc1. The summed E-state index contributed by atoms with van der Waals surface area (Å²) in [5.41, 5.74) is 2.37. The molecule has 0 spiro atoms. The van der Waals surface area contributed by atoms with Gasteiger partial charge in [-0.1, -0.05) is 91.0 Å². The lowest BCUT2D eigenvalue weighted by Gasteiger charge is -2.20. The highest BCUT2D eigenvalue weighted by Crippen LogP contribution is 2.33. The van der Waals surface area contributed by atoms with Crippen LogP contribution in [0.15, 0.2) is 102 Å². The van der Waals surface area contributed by atoms with Crippen molar-refractivity contribution in [3.63, 3.8) is 0 Å². The van der Waals surface area contributed by atoms with E-state index in [2.05, 4.69) is 0 Å². The van der Waals surface area contributed by atoms with E-state index in [-0.39, 0.29) is 5.75 Å². The second-order valence-corrected chi connectivity index (χ2v) is 6.71. The summed E-state index contributed by atoms with van der Waals surface area (Å²) >= 11 is 0. The van der Waals surface area contributed by atoms with Crippen LogP contribution < -0.4 is 0 Å². The van der Waals surface area contributed by atoms with E-state index in [9.17, 15) is 10.2 Å². The molecule has 4 aromatic carbocycles. The third kappa shape index (κ3) is 3.66. The number of aliphatic imine (C=N–C) groups is 1. The van der Waals surface area contributed by atoms with Gasteiger partial charge in [-0.2, -0.15) is 0 Å². The predicted molar refractivity (Wildman–Crippen MR) is 114 cm³/mol. The first kappa shape index (κ1) is 18.0. The minimum atomic E-state index is -0.794. The highest BCUT2D eigenvalue weighted by molar-refractivity contribution is 6.02. The second-order valence-electron chi connectivity index (χ2n) is 6.71. The third-order valence-electron chi connectivity index (χ3n) is 4.89. The molecule has 0 aliphatic rings. The molecular weight excluding hydrogens is 346 g/mol. The first-order valence-electron chi connectivity index (χ1n) is 9.26. The van der Waals surface area contributed by atoms with Crippen LogP contribution in [-0.4, -0.2) is 16.4 Å². The Labute approximate surface area is 164 Å². The quantitative estimate of drug-likeness (QED) is 0.462. The summed E-state index contributed by atoms with van der Waals surface area (Å²) in [6, 6.07) is 30.2. The van der Waals surface area contributed by atoms with Gasteiger partial charge in [0.15, 0.2) is 0 Å². The van der Waals surface area contributed by atoms with Gasteiger partial charge < -0.3 is 10.2 Å². The van der Waals surface area contributed by atoms with Gasteiger partial charge in [-0.15, -0.1) is 0 Å². The molecule has 2 atom stereocenters. The van der Waals surface area contributed by atoms with Gasteiger partial charge in [-0.05, 0) is 28.0 Å². The standard InChI is InChI=1S/C25H21NO2/c27-23-16-15-18-9-7-8-14-21(18)22(23)17-26-24(19-10-3-1-4-11-19)25(28)20-12-5-2-6-13-20/h1-17,24-25,27-28H/t24-,25+/m1/s1. The molecule has 28 heavy (non-hydrogen) atoms. The topological polar surface area (TPSA) is 52.8 Å². The van der Waals surface area contributed by atoms with Crippen LogP contribution in [0, 0.1) is 0 Å². The van der Waals surface area contributed by atoms with Gasteiger partial charge in [0.05, 0.1) is 0 Å². The molecule has 0 saturated heterocycles. The highest BCUT2D eigenvalue weighted by atomic mass is 16.3. The van der Waals surface area contributed by atoms with Crippen molar-refractivity contribution >= 4 is 17.0 Å². The molecule has 0 heterocycles. The molecule has 0 aromatic heterocycles. The molecule has 4 rings (SSSR count). The lowest BCUT2D eigenvalue weighted by Crippen LogP contribution is -2.09. The third-order valence-corrected chi connectivity index (χ3v) is 4.89. The monoisotopic (exact) mass is 367 g/mol. The summed E-state index contributed by atoms with van der Waals surface area (Å²) in [6.07, 6.45) is 0.874. The van der Waals surface area contributed by atoms with Gasteiger partial charge >= 0.3 is 0 Å². The minimum absolute atomic E-state index is 0.170. The van der Waals surface area contributed by atoms with Crippen molar-refractivity contribution in [1.29, 1.82) is 0 Å². The minimum Gasteiger partial charge on any atom is -0.507 e. The summed E-state index contributed by atoms with van der Waals surface area (Å²) in [7, 11) is 0. The number of nitrogens with zero attached hydrogens (tertiary/aromatic N) is 1. The highest BCUT2D eigenvalue weighted by Gasteiger charge is 2.21. The van der Waals surface area contributed by atoms with Crippen molar-refractivity contribution in [1.82, 2.24) is 0 Å². The van der Waals surface area contributed by atoms with E-state index < -0.39 is 12.1 Å². The Morgan fingerprint density at radius 1 is 0.679 bits per heavy atom. The summed E-state index contributed by atoms with van der Waals surface area (Å²) < 4.78 is 0. The number of benzene rings is 4. The van der Waals surface area contributed by atoms with Crippen molar-refractivity contribution in [3.8, 4) is 5.75 Å². The molecule has 138 valence electrons. The van der Waals surface area contributed by atoms with Crippen molar-refractivity contribution in [3.05, 3.63) is 114 Å². The van der Waals surface area contributed by atoms with E-state index >= 15 is 0 Å². The largest absolute Gasteiger partial charge is 0.507 e. The molecule has 4 aromatic rings. The van der Waals surface area contributed by atoms with Crippen molar-refractivity contribution < 1.29 is 10.2 Å². The summed E-state index contributed by atoms with van der Waals surface area (Å²) in [5, 5.41) is 23.4. The van der Waals surface area contributed by atoms with Crippen LogP contribution in [0.3, 0.4) is 0 Å². The van der Waals surface area contributed by atoms with Gasteiger partial charge in [0, 0.05) is 11.8 Å². The van der Waals surface area contributed by atoms with E-state index in [1.807, 2.05) is 91.0 Å². The average Bonchev–Trinajstić information content (AvgIpc) is 2.76. The maximum absolute atomic E-state index is 11.0. The lowest BCUT2D eigenvalue weighted by atomic mass is 9.96. The van der Waals surface area contributed by atoms with E-state index in [0.717, 1.165) is 21.9 Å². The molecule has 0 saturated carbocycles. The van der Waals surface area contributed by atoms with Crippen molar-refractivity contribution in [2.75, 3.05) is 0 Å². The van der Waals surface area contributed by atoms with Crippen LogP contribution >= 0.6 is 0 Å². The molecule has 0 radical (unpaired) electrons. The molecule has 0 bridgehead atoms. The van der Waals surface area contributed by atoms with Crippen LogP contribution in [0.25, 0.3) is 10.8 Å². The number of aliphatic hydroxyl groups excluding tert-OH is 1. The first-order valence-corrected chi connectivity index (χ1v) is 9.26. The van der Waals surface area contributed by atoms with Crippen molar-refractivity contribution in [2.24, 2.45) is 4.99 Å². The zero-order valence-corrected chi connectivity index (χ0v) is 15.3. The zero-order valence-electron chi connectivity index (χ0n) is 15.3. The zero-order chi connectivity index (χ0) is 19.3. The van der Waals surface area contributed by atoms with Crippen molar-refractivity contribution in [2.45, 2.75) is 12.1 Å². The molecule has 2 N–H and O–H groups in total. The smallest absolute Gasteiger partial charge is 0.124 e. The summed E-state index contributed by atoms with van der Waals surface area (Å²) in [6.45, 7) is 0. The van der Waals surface area contributed by atoms with Crippen LogP contribution in [0.1, 0.15) is 28.8 Å². The molecule has 3 nitrogen and oxygen atoms in total. The molecule has 0 fully saturated rings. The fourth-order valence-electron chi connectivity index (χ4n) is 3.41. The lowest BCUT2D eigenvalue weighted by molar-refractivity contribution is 0.148. The molecule has 0 aliphatic carbocycles. The maximum atomic E-state index is 11.0. The number of phenolic OH excluding ortho intramolecular Hbond substituents is 1. The van der Waals surface area contributed by atoms with Crippen LogP contribution in [-0.2, 0) is 0 Å². The molecule has 0 aliphatic heterocycles. The Morgan fingerprint density at radius 2 is 1.29 bits per heavy atom. The second kappa shape index (κ2) is 8.07. The van der Waals surface area contributed by atoms with Crippen LogP contribution in [0.4, 0.5) is 0 Å². The van der Waals surface area contributed by atoms with Crippen LogP contribution in [0.5, 0.6) is 5.75 Å². The number of phenols is 1. The summed E-state index contributed by atoms with van der Waals surface area (Å²) in [4.78, 5) is 4.72. The fraction of sp³-hybridized carbons (Fsp3) is 0.0800. The van der Waals surface area contributed by atoms with Gasteiger partial charge in [0.25, 0.3) is 0 Å². The molecule has 0 amide bonds. The van der Waals surface area contributed by atoms with Gasteiger partial charge in [-0.3, -0.25) is 4.99 Å². The summed E-state index contributed by atoms with van der Waals surface area (Å²) in [5.74, 6) is 0.170. The molecule has 0 unspecified atom stereocenters. The van der Waals surface area contributed by atoms with E-state index in [4.69, 9.17) is 4.99 Å². The number of fused-ring (bicyclic) bond motifs is 1. The fourth-order valence-corrected chi connectivity index (χ4v) is 3.41. The van der Waals surface area contributed by atoms with Gasteiger partial charge in [-0.25, -0.2) is 0 Å². The predicted octanol–water partition coefficient (Wildman–Crippen LogP) is 5.44. The maximum Gasteiger partial charge on any atom is 0.124 e. The van der Waals surface area contributed by atoms with E-state index in [1.165, 1.54) is 0 Å². The Hall–Kier alpha value is -3.43. The molecule has 3 heteroatoms. The molecular formula is C25H21NO2. The van der Waals surface area contributed by atoms with Gasteiger partial charge in [0.2, 0.25) is 0 Å². The van der Waals surface area contributed by atoms with Gasteiger partial charge in [0.1, 0.15) is 17.9 Å². The Balaban J connectivity index is 1.78. The Kier molecular flexibility index (Phi) is 5.18. The Morgan fingerprint density at radius 3 is 2.00 bits per heavy atom. The van der Waals surface area contributed by atoms with E-state index in [1.54, 1.807) is 12.3 Å². The van der Waals surface area contributed by atoms with E-state index in [0.29, 0.717) is 5.56 Å².